The molecule has 136 valence electrons. The lowest BCUT2D eigenvalue weighted by Gasteiger charge is -2.13. The number of nitrogens with zero attached hydrogens (tertiary/aromatic N) is 3. The van der Waals surface area contributed by atoms with Crippen LogP contribution in [0.3, 0.4) is 0 Å². The Hall–Kier alpha value is -3.16. The smallest absolute Gasteiger partial charge is 0.334 e. The lowest BCUT2D eigenvalue weighted by atomic mass is 10.1. The summed E-state index contributed by atoms with van der Waals surface area (Å²) >= 11 is 0. The SMILES string of the molecule is CCCCN1C(=O)C(=O)N(Cc2cc(-c3ccc(OC)cc3)no2)C1=O. The number of methoxy groups -OCH3 is 1. The summed E-state index contributed by atoms with van der Waals surface area (Å²) in [5.74, 6) is -0.592. The van der Waals surface area contributed by atoms with Crippen LogP contribution in [-0.4, -0.2) is 46.5 Å². The maximum atomic E-state index is 12.3. The molecule has 0 bridgehead atoms. The van der Waals surface area contributed by atoms with Crippen LogP contribution < -0.4 is 4.74 Å². The van der Waals surface area contributed by atoms with E-state index in [1.807, 2.05) is 19.1 Å². The van der Waals surface area contributed by atoms with Crippen molar-refractivity contribution < 1.29 is 23.6 Å². The minimum absolute atomic E-state index is 0.130. The molecule has 0 N–H and O–H groups in total. The standard InChI is InChI=1S/C18H19N3O5/c1-3-4-9-20-16(22)17(23)21(18(20)24)11-14-10-15(19-26-14)12-5-7-13(25-2)8-6-12/h5-8,10H,3-4,9,11H2,1-2H3. The van der Waals surface area contributed by atoms with Gasteiger partial charge in [-0.1, -0.05) is 18.5 Å². The van der Waals surface area contributed by atoms with E-state index < -0.39 is 17.8 Å². The Bertz CT molecular complexity index is 828. The molecule has 1 fully saturated rings. The van der Waals surface area contributed by atoms with Crippen molar-refractivity contribution in [3.8, 4) is 17.0 Å². The van der Waals surface area contributed by atoms with Gasteiger partial charge in [0, 0.05) is 18.2 Å². The number of carbonyl (C=O) groups excluding carboxylic acids is 3. The van der Waals surface area contributed by atoms with Gasteiger partial charge < -0.3 is 9.26 Å². The van der Waals surface area contributed by atoms with E-state index in [0.717, 1.165) is 27.5 Å². The summed E-state index contributed by atoms with van der Waals surface area (Å²) in [4.78, 5) is 38.2. The summed E-state index contributed by atoms with van der Waals surface area (Å²) in [6, 6.07) is 8.26. The van der Waals surface area contributed by atoms with Crippen molar-refractivity contribution in [3.05, 3.63) is 36.1 Å². The highest BCUT2D eigenvalue weighted by Crippen LogP contribution is 2.24. The molecule has 4 amide bonds. The van der Waals surface area contributed by atoms with E-state index in [4.69, 9.17) is 9.26 Å². The molecule has 2 aromatic rings. The molecule has 1 aliphatic heterocycles. The van der Waals surface area contributed by atoms with Crippen LogP contribution in [0.15, 0.2) is 34.9 Å². The molecule has 0 aliphatic carbocycles. The zero-order valence-corrected chi connectivity index (χ0v) is 14.6. The molecule has 0 radical (unpaired) electrons. The van der Waals surface area contributed by atoms with Gasteiger partial charge in [0.2, 0.25) is 0 Å². The molecule has 8 nitrogen and oxygen atoms in total. The van der Waals surface area contributed by atoms with Crippen LogP contribution >= 0.6 is 0 Å². The monoisotopic (exact) mass is 357 g/mol. The molecule has 1 saturated heterocycles. The summed E-state index contributed by atoms with van der Waals surface area (Å²) < 4.78 is 10.3. The number of imide groups is 2. The Labute approximate surface area is 150 Å². The Morgan fingerprint density at radius 2 is 1.77 bits per heavy atom. The molecule has 0 atom stereocenters. The Balaban J connectivity index is 1.73. The number of urea groups is 1. The number of ether oxygens (including phenoxy) is 1. The van der Waals surface area contributed by atoms with E-state index >= 15 is 0 Å². The van der Waals surface area contributed by atoms with Gasteiger partial charge in [0.25, 0.3) is 0 Å². The van der Waals surface area contributed by atoms with Crippen LogP contribution in [0, 0.1) is 0 Å². The fourth-order valence-corrected chi connectivity index (χ4v) is 2.64. The van der Waals surface area contributed by atoms with Crippen molar-refractivity contribution in [1.82, 2.24) is 15.0 Å². The van der Waals surface area contributed by atoms with Gasteiger partial charge >= 0.3 is 17.8 Å². The molecule has 0 saturated carbocycles. The molecule has 26 heavy (non-hydrogen) atoms. The molecule has 0 unspecified atom stereocenters. The summed E-state index contributed by atoms with van der Waals surface area (Å²) in [7, 11) is 1.58. The summed E-state index contributed by atoms with van der Waals surface area (Å²) in [5.41, 5.74) is 1.37. The highest BCUT2D eigenvalue weighted by atomic mass is 16.5. The average molecular weight is 357 g/mol. The van der Waals surface area contributed by atoms with Crippen molar-refractivity contribution >= 4 is 17.8 Å². The highest BCUT2D eigenvalue weighted by Gasteiger charge is 2.44. The number of rotatable bonds is 7. The van der Waals surface area contributed by atoms with Crippen LogP contribution in [0.2, 0.25) is 0 Å². The van der Waals surface area contributed by atoms with E-state index in [0.29, 0.717) is 17.9 Å². The van der Waals surface area contributed by atoms with Crippen LogP contribution in [0.25, 0.3) is 11.3 Å². The molecule has 0 spiro atoms. The maximum Gasteiger partial charge on any atom is 0.334 e. The topological polar surface area (TPSA) is 93.0 Å². The lowest BCUT2D eigenvalue weighted by molar-refractivity contribution is -0.143. The van der Waals surface area contributed by atoms with Crippen molar-refractivity contribution in [2.45, 2.75) is 26.3 Å². The average Bonchev–Trinajstić information content (AvgIpc) is 3.20. The van der Waals surface area contributed by atoms with E-state index in [1.54, 1.807) is 25.3 Å². The van der Waals surface area contributed by atoms with Crippen LogP contribution in [0.1, 0.15) is 25.5 Å². The molecule has 2 heterocycles. The van der Waals surface area contributed by atoms with Crippen molar-refractivity contribution in [2.24, 2.45) is 0 Å². The number of unbranched alkanes of at least 4 members (excludes halogenated alkanes) is 1. The van der Waals surface area contributed by atoms with Gasteiger partial charge in [0.1, 0.15) is 11.4 Å². The lowest BCUT2D eigenvalue weighted by Crippen LogP contribution is -2.33. The van der Waals surface area contributed by atoms with Gasteiger partial charge in [0.15, 0.2) is 5.76 Å². The number of hydrogen-bond donors (Lipinski definition) is 0. The highest BCUT2D eigenvalue weighted by molar-refractivity contribution is 6.44. The van der Waals surface area contributed by atoms with Gasteiger partial charge in [-0.25, -0.2) is 9.69 Å². The third kappa shape index (κ3) is 3.30. The minimum atomic E-state index is -0.839. The maximum absolute atomic E-state index is 12.3. The van der Waals surface area contributed by atoms with E-state index in [1.165, 1.54) is 0 Å². The van der Waals surface area contributed by atoms with Crippen molar-refractivity contribution in [3.63, 3.8) is 0 Å². The Morgan fingerprint density at radius 3 is 2.42 bits per heavy atom. The van der Waals surface area contributed by atoms with Gasteiger partial charge in [-0.15, -0.1) is 0 Å². The molecule has 3 rings (SSSR count). The van der Waals surface area contributed by atoms with E-state index in [2.05, 4.69) is 5.16 Å². The van der Waals surface area contributed by atoms with E-state index in [9.17, 15) is 14.4 Å². The molecular weight excluding hydrogens is 338 g/mol. The summed E-state index contributed by atoms with van der Waals surface area (Å²) in [6.07, 6.45) is 1.47. The fraction of sp³-hybridized carbons (Fsp3) is 0.333. The molecular formula is C18H19N3O5. The zero-order chi connectivity index (χ0) is 18.7. The number of aromatic nitrogens is 1. The minimum Gasteiger partial charge on any atom is -0.497 e. The second-order valence-corrected chi connectivity index (χ2v) is 5.89. The first-order valence-corrected chi connectivity index (χ1v) is 8.32. The zero-order valence-electron chi connectivity index (χ0n) is 14.6. The number of amides is 4. The molecule has 1 aromatic carbocycles. The first-order chi connectivity index (χ1) is 12.5. The van der Waals surface area contributed by atoms with E-state index in [-0.39, 0.29) is 13.1 Å². The quantitative estimate of drug-likeness (QED) is 0.558. The molecule has 1 aromatic heterocycles. The third-order valence-electron chi connectivity index (χ3n) is 4.13. The number of benzene rings is 1. The molecule has 8 heteroatoms. The predicted octanol–water partition coefficient (Wildman–Crippen LogP) is 2.44. The first-order valence-electron chi connectivity index (χ1n) is 8.32. The number of hydrogen-bond acceptors (Lipinski definition) is 6. The van der Waals surface area contributed by atoms with Crippen LogP contribution in [0.5, 0.6) is 5.75 Å². The fourth-order valence-electron chi connectivity index (χ4n) is 2.64. The van der Waals surface area contributed by atoms with Crippen LogP contribution in [0.4, 0.5) is 4.79 Å². The summed E-state index contributed by atoms with van der Waals surface area (Å²) in [6.45, 7) is 2.05. The van der Waals surface area contributed by atoms with Gasteiger partial charge in [0.05, 0.1) is 13.7 Å². The first kappa shape index (κ1) is 17.7. The predicted molar refractivity (Wildman–Crippen MR) is 91.1 cm³/mol. The van der Waals surface area contributed by atoms with Gasteiger partial charge in [-0.05, 0) is 30.7 Å². The van der Waals surface area contributed by atoms with Crippen molar-refractivity contribution in [2.75, 3.05) is 13.7 Å². The number of carbonyl (C=O) groups is 3. The third-order valence-corrected chi connectivity index (χ3v) is 4.13. The van der Waals surface area contributed by atoms with Crippen LogP contribution in [-0.2, 0) is 16.1 Å². The Morgan fingerprint density at radius 1 is 1.08 bits per heavy atom. The Kier molecular flexibility index (Phi) is 5.01. The summed E-state index contributed by atoms with van der Waals surface area (Å²) in [5, 5.41) is 3.96. The normalized spacial score (nSPS) is 14.5. The van der Waals surface area contributed by atoms with Crippen molar-refractivity contribution in [1.29, 1.82) is 0 Å². The molecule has 1 aliphatic rings. The second-order valence-electron chi connectivity index (χ2n) is 5.89. The van der Waals surface area contributed by atoms with Gasteiger partial charge in [-0.3, -0.25) is 14.5 Å². The van der Waals surface area contributed by atoms with Gasteiger partial charge in [-0.2, -0.15) is 0 Å². The largest absolute Gasteiger partial charge is 0.497 e. The second kappa shape index (κ2) is 7.38.